The minimum atomic E-state index is -0.474. The summed E-state index contributed by atoms with van der Waals surface area (Å²) in [4.78, 5) is 77.7. The van der Waals surface area contributed by atoms with Gasteiger partial charge in [0, 0.05) is 36.3 Å². The molecule has 0 spiro atoms. The number of carbonyl (C=O) groups is 6. The van der Waals surface area contributed by atoms with Crippen molar-refractivity contribution in [2.75, 3.05) is 27.2 Å². The van der Waals surface area contributed by atoms with Crippen molar-refractivity contribution in [2.24, 2.45) is 17.2 Å². The lowest BCUT2D eigenvalue weighted by atomic mass is 9.93. The van der Waals surface area contributed by atoms with Gasteiger partial charge in [0.25, 0.3) is 23.6 Å². The number of benzene rings is 4. The molecule has 54 heavy (non-hydrogen) atoms. The fourth-order valence-corrected chi connectivity index (χ4v) is 7.14. The predicted molar refractivity (Wildman–Crippen MR) is 205 cm³/mol. The molecular formula is C42H46N6O6. The number of primary amides is 2. The van der Waals surface area contributed by atoms with Gasteiger partial charge in [-0.3, -0.25) is 38.6 Å². The van der Waals surface area contributed by atoms with Crippen molar-refractivity contribution in [3.8, 4) is 0 Å². The fraction of sp³-hybridized carbons (Fsp3) is 0.286. The third-order valence-electron chi connectivity index (χ3n) is 10.2. The minimum Gasteiger partial charge on any atom is -0.366 e. The highest BCUT2D eigenvalue weighted by molar-refractivity contribution is 6.22. The van der Waals surface area contributed by atoms with E-state index in [-0.39, 0.29) is 36.2 Å². The number of amides is 6. The van der Waals surface area contributed by atoms with Crippen LogP contribution >= 0.6 is 0 Å². The number of nitrogens with zero attached hydrogens (tertiary/aromatic N) is 3. The van der Waals surface area contributed by atoms with Gasteiger partial charge < -0.3 is 22.1 Å². The zero-order valence-electron chi connectivity index (χ0n) is 31.4. The van der Waals surface area contributed by atoms with Gasteiger partial charge >= 0.3 is 0 Å². The van der Waals surface area contributed by atoms with Gasteiger partial charge in [-0.15, -0.1) is 0 Å². The molecule has 0 saturated heterocycles. The van der Waals surface area contributed by atoms with Crippen LogP contribution in [-0.4, -0.2) is 89.4 Å². The Morgan fingerprint density at radius 1 is 0.574 bits per heavy atom. The van der Waals surface area contributed by atoms with Crippen molar-refractivity contribution in [3.05, 3.63) is 140 Å². The van der Waals surface area contributed by atoms with E-state index in [1.165, 1.54) is 9.80 Å². The second kappa shape index (κ2) is 15.9. The van der Waals surface area contributed by atoms with E-state index >= 15 is 0 Å². The second-order valence-corrected chi connectivity index (χ2v) is 14.2. The molecule has 0 aliphatic carbocycles. The van der Waals surface area contributed by atoms with E-state index in [1.54, 1.807) is 72.8 Å². The van der Waals surface area contributed by atoms with Crippen molar-refractivity contribution in [2.45, 2.75) is 52.6 Å². The largest absolute Gasteiger partial charge is 0.366 e. The van der Waals surface area contributed by atoms with Crippen LogP contribution in [0.5, 0.6) is 0 Å². The quantitative estimate of drug-likeness (QED) is 0.195. The number of imide groups is 2. The smallest absolute Gasteiger partial charge is 0.261 e. The molecule has 6 N–H and O–H groups in total. The standard InChI is InChI=1S/C22H25N3O3.C20H21N3O3/c1-13-9-15(20(23)26)10-14(2)19(13)11-16(24(3)4)12-25-21(27)17-7-5-6-8-18(17)22(25)28;1-11-7-13(18(22)24)8-12(2)17(11)9-14(21)10-23-19(25)15-5-3-4-6-16(15)20(23)26/h5-10,16H,11-12H2,1-4H3,(H2,23,26);3-8,14H,9-10,21H2,1-2H3,(H2,22,24)/t16-;14-/m00/s1. The lowest BCUT2D eigenvalue weighted by Crippen LogP contribution is -2.44. The Balaban J connectivity index is 0.000000208. The summed E-state index contributed by atoms with van der Waals surface area (Å²) >= 11 is 0. The molecule has 0 radical (unpaired) electrons. The number of hydrogen-bond donors (Lipinski definition) is 3. The summed E-state index contributed by atoms with van der Waals surface area (Å²) in [6, 6.07) is 20.3. The van der Waals surface area contributed by atoms with Crippen molar-refractivity contribution in [1.29, 1.82) is 0 Å². The molecule has 12 nitrogen and oxygen atoms in total. The van der Waals surface area contributed by atoms with Gasteiger partial charge in [0.1, 0.15) is 0 Å². The van der Waals surface area contributed by atoms with Crippen LogP contribution in [0.3, 0.4) is 0 Å². The SMILES string of the molecule is Cc1cc(C(N)=O)cc(C)c1C[C@@H](CN1C(=O)c2ccccc2C1=O)N(C)C.Cc1cc(C(N)=O)cc(C)c1C[C@H](N)CN1C(=O)c2ccccc2C1=O. The third kappa shape index (κ3) is 7.99. The molecule has 6 amide bonds. The molecule has 280 valence electrons. The first-order valence-electron chi connectivity index (χ1n) is 17.6. The third-order valence-corrected chi connectivity index (χ3v) is 10.2. The molecule has 2 atom stereocenters. The van der Waals surface area contributed by atoms with Gasteiger partial charge in [-0.05, 0) is 137 Å². The summed E-state index contributed by atoms with van der Waals surface area (Å²) in [7, 11) is 3.87. The molecule has 2 aliphatic rings. The molecule has 4 aromatic rings. The highest BCUT2D eigenvalue weighted by atomic mass is 16.2. The Labute approximate surface area is 314 Å². The van der Waals surface area contributed by atoms with Gasteiger partial charge in [0.15, 0.2) is 0 Å². The number of fused-ring (bicyclic) bond motifs is 2. The molecule has 0 aromatic heterocycles. The molecule has 0 bridgehead atoms. The van der Waals surface area contributed by atoms with Gasteiger partial charge in [-0.1, -0.05) is 24.3 Å². The van der Waals surface area contributed by atoms with Crippen LogP contribution in [-0.2, 0) is 12.8 Å². The van der Waals surface area contributed by atoms with Gasteiger partial charge in [0.05, 0.1) is 22.3 Å². The number of nitrogens with two attached hydrogens (primary N) is 3. The normalized spacial score (nSPS) is 14.5. The van der Waals surface area contributed by atoms with Crippen molar-refractivity contribution >= 4 is 35.4 Å². The number of likely N-dealkylation sites (N-methyl/N-ethyl adjacent to an activating group) is 1. The van der Waals surface area contributed by atoms with Crippen LogP contribution in [0.15, 0.2) is 72.8 Å². The van der Waals surface area contributed by atoms with E-state index in [0.717, 1.165) is 33.4 Å². The monoisotopic (exact) mass is 730 g/mol. The first-order valence-corrected chi connectivity index (χ1v) is 17.6. The molecule has 0 saturated carbocycles. The summed E-state index contributed by atoms with van der Waals surface area (Å²) in [6.45, 7) is 8.12. The minimum absolute atomic E-state index is 0.0564. The van der Waals surface area contributed by atoms with Crippen molar-refractivity contribution in [3.63, 3.8) is 0 Å². The molecule has 6 rings (SSSR count). The lowest BCUT2D eigenvalue weighted by molar-refractivity contribution is 0.0606. The molecule has 2 heterocycles. The molecule has 12 heteroatoms. The summed E-state index contributed by atoms with van der Waals surface area (Å²) in [5.74, 6) is -2.03. The van der Waals surface area contributed by atoms with E-state index in [1.807, 2.05) is 46.7 Å². The fourth-order valence-electron chi connectivity index (χ4n) is 7.14. The Morgan fingerprint density at radius 2 is 0.889 bits per heavy atom. The lowest BCUT2D eigenvalue weighted by Gasteiger charge is -2.29. The van der Waals surface area contributed by atoms with Gasteiger partial charge in [-0.25, -0.2) is 0 Å². The van der Waals surface area contributed by atoms with E-state index < -0.39 is 17.9 Å². The summed E-state index contributed by atoms with van der Waals surface area (Å²) < 4.78 is 0. The maximum Gasteiger partial charge on any atom is 0.261 e. The molecule has 4 aromatic carbocycles. The highest BCUT2D eigenvalue weighted by Gasteiger charge is 2.37. The Kier molecular flexibility index (Phi) is 11.6. The van der Waals surface area contributed by atoms with Crippen LogP contribution < -0.4 is 17.2 Å². The molecular weight excluding hydrogens is 684 g/mol. The second-order valence-electron chi connectivity index (χ2n) is 14.2. The molecule has 2 aliphatic heterocycles. The van der Waals surface area contributed by atoms with E-state index in [9.17, 15) is 28.8 Å². The maximum absolute atomic E-state index is 12.7. The Morgan fingerprint density at radius 3 is 1.20 bits per heavy atom. The first-order chi connectivity index (χ1) is 25.5. The zero-order chi connectivity index (χ0) is 39.6. The Bertz CT molecular complexity index is 2080. The summed E-state index contributed by atoms with van der Waals surface area (Å²) in [6.07, 6.45) is 1.14. The molecule has 0 unspecified atom stereocenters. The van der Waals surface area contributed by atoms with Crippen LogP contribution in [0, 0.1) is 27.7 Å². The van der Waals surface area contributed by atoms with Gasteiger partial charge in [0.2, 0.25) is 11.8 Å². The van der Waals surface area contributed by atoms with Gasteiger partial charge in [-0.2, -0.15) is 0 Å². The van der Waals surface area contributed by atoms with Crippen molar-refractivity contribution in [1.82, 2.24) is 14.7 Å². The van der Waals surface area contributed by atoms with Crippen LogP contribution in [0.1, 0.15) is 95.5 Å². The molecule has 0 fully saturated rings. The number of aryl methyl sites for hydroxylation is 4. The summed E-state index contributed by atoms with van der Waals surface area (Å²) in [5.41, 5.74) is 25.6. The number of rotatable bonds is 11. The number of carbonyl (C=O) groups excluding carboxylic acids is 6. The zero-order valence-corrected chi connectivity index (χ0v) is 31.4. The van der Waals surface area contributed by atoms with E-state index in [2.05, 4.69) is 0 Å². The topological polar surface area (TPSA) is 190 Å². The van der Waals surface area contributed by atoms with E-state index in [4.69, 9.17) is 17.2 Å². The van der Waals surface area contributed by atoms with Crippen LogP contribution in [0.4, 0.5) is 0 Å². The van der Waals surface area contributed by atoms with Crippen molar-refractivity contribution < 1.29 is 28.8 Å². The average Bonchev–Trinajstić information content (AvgIpc) is 3.50. The maximum atomic E-state index is 12.7. The van der Waals surface area contributed by atoms with Crippen LogP contribution in [0.2, 0.25) is 0 Å². The van der Waals surface area contributed by atoms with E-state index in [0.29, 0.717) is 52.8 Å². The first kappa shape index (κ1) is 39.2. The average molecular weight is 731 g/mol. The summed E-state index contributed by atoms with van der Waals surface area (Å²) in [5, 5.41) is 0. The van der Waals surface area contributed by atoms with Crippen LogP contribution in [0.25, 0.3) is 0 Å². The number of hydrogen-bond acceptors (Lipinski definition) is 8. The predicted octanol–water partition coefficient (Wildman–Crippen LogP) is 3.74. The highest BCUT2D eigenvalue weighted by Crippen LogP contribution is 2.26. The Hall–Kier alpha value is -5.98.